The van der Waals surface area contributed by atoms with E-state index in [-0.39, 0.29) is 22.7 Å². The maximum atomic E-state index is 12.5. The van der Waals surface area contributed by atoms with Crippen LogP contribution < -0.4 is 4.90 Å². The number of hydrogen-bond donors (Lipinski definition) is 1. The highest BCUT2D eigenvalue weighted by Crippen LogP contribution is 2.26. The van der Waals surface area contributed by atoms with E-state index in [4.69, 9.17) is 0 Å². The average Bonchev–Trinajstić information content (AvgIpc) is 2.81. The summed E-state index contributed by atoms with van der Waals surface area (Å²) in [6.45, 7) is 6.35. The van der Waals surface area contributed by atoms with Gasteiger partial charge in [-0.25, -0.2) is 4.90 Å². The normalized spacial score (nSPS) is 13.7. The van der Waals surface area contributed by atoms with E-state index in [0.717, 1.165) is 38.8 Å². The fourth-order valence-electron chi connectivity index (χ4n) is 2.90. The molecule has 1 aliphatic rings. The van der Waals surface area contributed by atoms with Gasteiger partial charge in [-0.2, -0.15) is 0 Å². The molecule has 7 heteroatoms. The molecule has 0 atom stereocenters. The molecule has 1 aliphatic heterocycles. The Hall–Kier alpha value is -2.28. The quantitative estimate of drug-likeness (QED) is 0.422. The van der Waals surface area contributed by atoms with Gasteiger partial charge in [-0.15, -0.1) is 0 Å². The number of nitro groups is 1. The van der Waals surface area contributed by atoms with Gasteiger partial charge in [0.1, 0.15) is 0 Å². The first-order valence-electron chi connectivity index (χ1n) is 8.47. The van der Waals surface area contributed by atoms with Crippen molar-refractivity contribution >= 4 is 17.5 Å². The van der Waals surface area contributed by atoms with Crippen LogP contribution in [-0.4, -0.2) is 41.4 Å². The van der Waals surface area contributed by atoms with Gasteiger partial charge in [0.15, 0.2) is 6.67 Å². The summed E-state index contributed by atoms with van der Waals surface area (Å²) >= 11 is 0. The lowest BCUT2D eigenvalue weighted by molar-refractivity contribution is -0.907. The number of nitrogens with zero attached hydrogens (tertiary/aromatic N) is 2. The van der Waals surface area contributed by atoms with Gasteiger partial charge in [0, 0.05) is 12.1 Å². The molecule has 0 bridgehead atoms. The van der Waals surface area contributed by atoms with Crippen molar-refractivity contribution in [1.29, 1.82) is 0 Å². The Balaban J connectivity index is 2.17. The molecule has 0 radical (unpaired) electrons. The minimum absolute atomic E-state index is 0.138. The van der Waals surface area contributed by atoms with E-state index in [2.05, 4.69) is 13.8 Å². The SMILES string of the molecule is CCCC[NH+](CCCC)CN1C(=O)c2ccc([N+](=O)[O-])cc2C1=O. The van der Waals surface area contributed by atoms with Gasteiger partial charge >= 0.3 is 0 Å². The summed E-state index contributed by atoms with van der Waals surface area (Å²) < 4.78 is 0. The van der Waals surface area contributed by atoms with Gasteiger partial charge in [0.2, 0.25) is 0 Å². The number of non-ortho nitro benzene ring substituents is 1. The summed E-state index contributed by atoms with van der Waals surface area (Å²) in [7, 11) is 0. The topological polar surface area (TPSA) is 85.0 Å². The van der Waals surface area contributed by atoms with Crippen molar-refractivity contribution in [2.45, 2.75) is 39.5 Å². The third kappa shape index (κ3) is 3.79. The van der Waals surface area contributed by atoms with Crippen LogP contribution in [-0.2, 0) is 0 Å². The summed E-state index contributed by atoms with van der Waals surface area (Å²) in [5.74, 6) is -0.778. The van der Waals surface area contributed by atoms with Crippen LogP contribution in [0.2, 0.25) is 0 Å². The van der Waals surface area contributed by atoms with E-state index in [9.17, 15) is 19.7 Å². The van der Waals surface area contributed by atoms with Gasteiger partial charge < -0.3 is 4.90 Å². The van der Waals surface area contributed by atoms with Crippen LogP contribution in [0.15, 0.2) is 18.2 Å². The first-order valence-corrected chi connectivity index (χ1v) is 8.47. The van der Waals surface area contributed by atoms with Crippen LogP contribution in [0.4, 0.5) is 5.69 Å². The largest absolute Gasteiger partial charge is 0.317 e. The lowest BCUT2D eigenvalue weighted by Gasteiger charge is -2.23. The van der Waals surface area contributed by atoms with Crippen molar-refractivity contribution in [3.8, 4) is 0 Å². The first kappa shape index (κ1) is 18.1. The molecule has 2 amide bonds. The predicted octanol–water partition coefficient (Wildman–Crippen LogP) is 1.63. The number of carbonyl (C=O) groups excluding carboxylic acids is 2. The minimum atomic E-state index is -0.555. The van der Waals surface area contributed by atoms with Crippen molar-refractivity contribution in [3.05, 3.63) is 39.4 Å². The second kappa shape index (κ2) is 8.01. The number of imide groups is 1. The van der Waals surface area contributed by atoms with Crippen LogP contribution in [0.1, 0.15) is 60.2 Å². The molecule has 1 aromatic carbocycles. The molecule has 1 aromatic rings. The van der Waals surface area contributed by atoms with Crippen molar-refractivity contribution in [2.75, 3.05) is 19.8 Å². The number of quaternary nitrogens is 1. The number of hydrogen-bond acceptors (Lipinski definition) is 4. The van der Waals surface area contributed by atoms with Gasteiger partial charge in [-0.1, -0.05) is 26.7 Å². The van der Waals surface area contributed by atoms with Crippen molar-refractivity contribution in [3.63, 3.8) is 0 Å². The molecular weight excluding hydrogens is 310 g/mol. The highest BCUT2D eigenvalue weighted by Gasteiger charge is 2.38. The minimum Gasteiger partial charge on any atom is -0.317 e. The van der Waals surface area contributed by atoms with Crippen LogP contribution in [0.25, 0.3) is 0 Å². The number of nitrogens with one attached hydrogen (secondary N) is 1. The lowest BCUT2D eigenvalue weighted by atomic mass is 10.1. The maximum Gasteiger partial charge on any atom is 0.270 e. The number of unbranched alkanes of at least 4 members (excludes halogenated alkanes) is 2. The zero-order valence-electron chi connectivity index (χ0n) is 14.2. The Labute approximate surface area is 141 Å². The fourth-order valence-corrected chi connectivity index (χ4v) is 2.90. The summed E-state index contributed by atoms with van der Waals surface area (Å²) in [5, 5.41) is 10.9. The van der Waals surface area contributed by atoms with Gasteiger partial charge in [-0.3, -0.25) is 19.7 Å². The van der Waals surface area contributed by atoms with Crippen LogP contribution >= 0.6 is 0 Å². The zero-order valence-corrected chi connectivity index (χ0v) is 14.2. The molecule has 0 aliphatic carbocycles. The standard InChI is InChI=1S/C17H23N3O4/c1-3-5-9-18(10-6-4-2)12-19-16(21)14-8-7-13(20(23)24)11-15(14)17(19)22/h7-8,11H,3-6,9-10,12H2,1-2H3/p+1. The fraction of sp³-hybridized carbons (Fsp3) is 0.529. The van der Waals surface area contributed by atoms with Crippen molar-refractivity contribution in [2.24, 2.45) is 0 Å². The monoisotopic (exact) mass is 334 g/mol. The zero-order chi connectivity index (χ0) is 17.7. The summed E-state index contributed by atoms with van der Waals surface area (Å²) in [5.41, 5.74) is 0.230. The third-order valence-electron chi connectivity index (χ3n) is 4.31. The Bertz CT molecular complexity index is 637. The highest BCUT2D eigenvalue weighted by molar-refractivity contribution is 6.21. The molecule has 130 valence electrons. The molecule has 0 spiro atoms. The smallest absolute Gasteiger partial charge is 0.270 e. The van der Waals surface area contributed by atoms with E-state index in [0.29, 0.717) is 6.67 Å². The van der Waals surface area contributed by atoms with Gasteiger partial charge in [0.25, 0.3) is 17.5 Å². The van der Waals surface area contributed by atoms with Crippen molar-refractivity contribution < 1.29 is 19.4 Å². The second-order valence-electron chi connectivity index (χ2n) is 6.14. The Kier molecular flexibility index (Phi) is 6.03. The molecule has 0 saturated carbocycles. The van der Waals surface area contributed by atoms with E-state index in [1.54, 1.807) is 0 Å². The summed E-state index contributed by atoms with van der Waals surface area (Å²) in [4.78, 5) is 37.8. The number of nitro benzene ring substituents is 1. The molecule has 0 saturated heterocycles. The average molecular weight is 334 g/mol. The van der Waals surface area contributed by atoms with Crippen LogP contribution in [0.3, 0.4) is 0 Å². The Morgan fingerprint density at radius 2 is 1.62 bits per heavy atom. The van der Waals surface area contributed by atoms with Gasteiger partial charge in [-0.05, 0) is 18.9 Å². The van der Waals surface area contributed by atoms with Crippen LogP contribution in [0, 0.1) is 10.1 Å². The predicted molar refractivity (Wildman–Crippen MR) is 89.0 cm³/mol. The third-order valence-corrected chi connectivity index (χ3v) is 4.31. The second-order valence-corrected chi connectivity index (χ2v) is 6.14. The number of carbonyl (C=O) groups is 2. The summed E-state index contributed by atoms with van der Waals surface area (Å²) in [6, 6.07) is 3.85. The number of rotatable bonds is 9. The molecule has 0 unspecified atom stereocenters. The Morgan fingerprint density at radius 1 is 1.04 bits per heavy atom. The van der Waals surface area contributed by atoms with Crippen LogP contribution in [0.5, 0.6) is 0 Å². The van der Waals surface area contributed by atoms with E-state index < -0.39 is 10.8 Å². The molecule has 7 nitrogen and oxygen atoms in total. The molecule has 1 N–H and O–H groups in total. The molecule has 24 heavy (non-hydrogen) atoms. The molecule has 0 fully saturated rings. The van der Waals surface area contributed by atoms with Crippen molar-refractivity contribution in [1.82, 2.24) is 4.90 Å². The highest BCUT2D eigenvalue weighted by atomic mass is 16.6. The molecular formula is C17H24N3O4+. The molecule has 0 aromatic heterocycles. The van der Waals surface area contributed by atoms with E-state index in [1.807, 2.05) is 0 Å². The summed E-state index contributed by atoms with van der Waals surface area (Å²) in [6.07, 6.45) is 4.19. The molecule has 1 heterocycles. The number of benzene rings is 1. The van der Waals surface area contributed by atoms with E-state index >= 15 is 0 Å². The Morgan fingerprint density at radius 3 is 2.17 bits per heavy atom. The lowest BCUT2D eigenvalue weighted by Crippen LogP contribution is -3.13. The first-order chi connectivity index (χ1) is 11.5. The van der Waals surface area contributed by atoms with E-state index in [1.165, 1.54) is 28.0 Å². The maximum absolute atomic E-state index is 12.5. The molecule has 2 rings (SSSR count). The number of fused-ring (bicyclic) bond motifs is 1. The number of amides is 2. The van der Waals surface area contributed by atoms with Gasteiger partial charge in [0.05, 0.1) is 29.1 Å².